The molecule has 0 bridgehead atoms. The number of esters is 1. The van der Waals surface area contributed by atoms with Gasteiger partial charge in [0.05, 0.1) is 12.7 Å². The lowest BCUT2D eigenvalue weighted by atomic mass is 10.1. The summed E-state index contributed by atoms with van der Waals surface area (Å²) in [5, 5.41) is 8.81. The van der Waals surface area contributed by atoms with E-state index in [0.717, 1.165) is 0 Å². The van der Waals surface area contributed by atoms with Crippen LogP contribution >= 0.6 is 0 Å². The minimum absolute atomic E-state index is 0.397. The quantitative estimate of drug-likeness (QED) is 0.731. The van der Waals surface area contributed by atoms with Crippen LogP contribution in [-0.4, -0.2) is 18.7 Å². The van der Waals surface area contributed by atoms with Crippen LogP contribution in [0, 0.1) is 11.3 Å². The molecular weight excluding hydrogens is 206 g/mol. The number of nitrogens with zero attached hydrogens (tertiary/aromatic N) is 1. The molecule has 0 N–H and O–H groups in total. The van der Waals surface area contributed by atoms with Gasteiger partial charge >= 0.3 is 5.97 Å². The number of ether oxygens (including phenoxy) is 2. The van der Waals surface area contributed by atoms with E-state index in [1.54, 1.807) is 38.1 Å². The Kier molecular flexibility index (Phi) is 3.51. The van der Waals surface area contributed by atoms with E-state index in [1.165, 1.54) is 7.11 Å². The zero-order valence-electron chi connectivity index (χ0n) is 9.48. The highest BCUT2D eigenvalue weighted by Crippen LogP contribution is 2.19. The van der Waals surface area contributed by atoms with Gasteiger partial charge in [-0.1, -0.05) is 6.07 Å². The van der Waals surface area contributed by atoms with Gasteiger partial charge in [0.2, 0.25) is 0 Å². The van der Waals surface area contributed by atoms with Crippen molar-refractivity contribution in [1.82, 2.24) is 0 Å². The van der Waals surface area contributed by atoms with Crippen LogP contribution in [0.5, 0.6) is 5.75 Å². The molecule has 0 amide bonds. The summed E-state index contributed by atoms with van der Waals surface area (Å²) in [6.07, 6.45) is 0. The second kappa shape index (κ2) is 4.67. The first kappa shape index (κ1) is 12.1. The van der Waals surface area contributed by atoms with E-state index in [2.05, 4.69) is 4.74 Å². The molecule has 0 aliphatic carbocycles. The molecule has 0 saturated carbocycles. The van der Waals surface area contributed by atoms with Crippen molar-refractivity contribution < 1.29 is 14.3 Å². The summed E-state index contributed by atoms with van der Waals surface area (Å²) < 4.78 is 10.0. The lowest BCUT2D eigenvalue weighted by molar-refractivity contribution is 0.0599. The maximum Gasteiger partial charge on any atom is 0.337 e. The Balaban J connectivity index is 2.92. The summed E-state index contributed by atoms with van der Waals surface area (Å²) in [5.41, 5.74) is -0.525. The SMILES string of the molecule is COC(=O)c1cccc(OC(C)(C)C#N)c1. The summed E-state index contributed by atoms with van der Waals surface area (Å²) in [6.45, 7) is 3.30. The first-order valence-electron chi connectivity index (χ1n) is 4.77. The van der Waals surface area contributed by atoms with E-state index in [4.69, 9.17) is 10.00 Å². The van der Waals surface area contributed by atoms with Crippen molar-refractivity contribution in [3.63, 3.8) is 0 Å². The molecule has 0 unspecified atom stereocenters. The van der Waals surface area contributed by atoms with E-state index < -0.39 is 11.6 Å². The largest absolute Gasteiger partial charge is 0.473 e. The first-order valence-corrected chi connectivity index (χ1v) is 4.77. The molecule has 0 aliphatic rings. The fraction of sp³-hybridized carbons (Fsp3) is 0.333. The number of nitriles is 1. The van der Waals surface area contributed by atoms with Gasteiger partial charge < -0.3 is 9.47 Å². The summed E-state index contributed by atoms with van der Waals surface area (Å²) in [6, 6.07) is 8.55. The molecule has 84 valence electrons. The molecule has 0 aromatic heterocycles. The molecule has 0 saturated heterocycles. The minimum atomic E-state index is -0.922. The van der Waals surface area contributed by atoms with E-state index in [-0.39, 0.29) is 0 Å². The second-order valence-corrected chi connectivity index (χ2v) is 3.74. The molecule has 1 aromatic carbocycles. The van der Waals surface area contributed by atoms with Crippen LogP contribution in [-0.2, 0) is 4.74 Å². The highest BCUT2D eigenvalue weighted by Gasteiger charge is 2.18. The number of hydrogen-bond donors (Lipinski definition) is 0. The van der Waals surface area contributed by atoms with Gasteiger partial charge in [-0.15, -0.1) is 0 Å². The van der Waals surface area contributed by atoms with E-state index >= 15 is 0 Å². The lowest BCUT2D eigenvalue weighted by Gasteiger charge is -2.18. The van der Waals surface area contributed by atoms with Crippen molar-refractivity contribution in [3.05, 3.63) is 29.8 Å². The van der Waals surface area contributed by atoms with Gasteiger partial charge in [0.25, 0.3) is 0 Å². The van der Waals surface area contributed by atoms with Gasteiger partial charge in [-0.2, -0.15) is 5.26 Å². The van der Waals surface area contributed by atoms with Gasteiger partial charge in [-0.25, -0.2) is 4.79 Å². The van der Waals surface area contributed by atoms with E-state index in [9.17, 15) is 4.79 Å². The maximum absolute atomic E-state index is 11.3. The van der Waals surface area contributed by atoms with Crippen molar-refractivity contribution in [2.75, 3.05) is 7.11 Å². The summed E-state index contributed by atoms with van der Waals surface area (Å²) in [4.78, 5) is 11.3. The molecule has 16 heavy (non-hydrogen) atoms. The molecule has 0 atom stereocenters. The van der Waals surface area contributed by atoms with Gasteiger partial charge in [0, 0.05) is 0 Å². The van der Waals surface area contributed by atoms with E-state index in [0.29, 0.717) is 11.3 Å². The number of carbonyl (C=O) groups is 1. The Hall–Kier alpha value is -2.02. The molecule has 0 spiro atoms. The first-order chi connectivity index (χ1) is 7.48. The highest BCUT2D eigenvalue weighted by atomic mass is 16.5. The Labute approximate surface area is 94.4 Å². The lowest BCUT2D eigenvalue weighted by Crippen LogP contribution is -2.25. The summed E-state index contributed by atoms with van der Waals surface area (Å²) in [5.74, 6) is 0.0367. The third-order valence-electron chi connectivity index (χ3n) is 1.90. The Morgan fingerprint density at radius 3 is 2.69 bits per heavy atom. The summed E-state index contributed by atoms with van der Waals surface area (Å²) >= 11 is 0. The van der Waals surface area contributed by atoms with Crippen LogP contribution in [0.1, 0.15) is 24.2 Å². The topological polar surface area (TPSA) is 59.3 Å². The number of hydrogen-bond acceptors (Lipinski definition) is 4. The summed E-state index contributed by atoms with van der Waals surface area (Å²) in [7, 11) is 1.31. The van der Waals surface area contributed by atoms with Gasteiger partial charge in [0.15, 0.2) is 5.60 Å². The molecule has 0 radical (unpaired) electrons. The van der Waals surface area contributed by atoms with Crippen LogP contribution < -0.4 is 4.74 Å². The third-order valence-corrected chi connectivity index (χ3v) is 1.90. The third kappa shape index (κ3) is 2.99. The Bertz CT molecular complexity index is 432. The Morgan fingerprint density at radius 1 is 1.44 bits per heavy atom. The van der Waals surface area contributed by atoms with Gasteiger partial charge in [-0.3, -0.25) is 0 Å². The highest BCUT2D eigenvalue weighted by molar-refractivity contribution is 5.89. The van der Waals surface area contributed by atoms with Crippen LogP contribution in [0.25, 0.3) is 0 Å². The average Bonchev–Trinajstić information content (AvgIpc) is 2.28. The van der Waals surface area contributed by atoms with Crippen molar-refractivity contribution in [2.45, 2.75) is 19.4 Å². The predicted molar refractivity (Wildman–Crippen MR) is 58.1 cm³/mol. The zero-order chi connectivity index (χ0) is 12.2. The van der Waals surface area contributed by atoms with Crippen molar-refractivity contribution in [1.29, 1.82) is 5.26 Å². The van der Waals surface area contributed by atoms with Crippen LogP contribution in [0.4, 0.5) is 0 Å². The van der Waals surface area contributed by atoms with Crippen LogP contribution in [0.3, 0.4) is 0 Å². The predicted octanol–water partition coefficient (Wildman–Crippen LogP) is 2.15. The fourth-order valence-electron chi connectivity index (χ4n) is 1.12. The number of benzene rings is 1. The maximum atomic E-state index is 11.3. The molecule has 0 heterocycles. The Morgan fingerprint density at radius 2 is 2.12 bits per heavy atom. The molecule has 1 rings (SSSR count). The second-order valence-electron chi connectivity index (χ2n) is 3.74. The minimum Gasteiger partial charge on any atom is -0.473 e. The van der Waals surface area contributed by atoms with Crippen molar-refractivity contribution in [3.8, 4) is 11.8 Å². The van der Waals surface area contributed by atoms with Crippen molar-refractivity contribution in [2.24, 2.45) is 0 Å². The average molecular weight is 219 g/mol. The smallest absolute Gasteiger partial charge is 0.337 e. The van der Waals surface area contributed by atoms with E-state index in [1.807, 2.05) is 6.07 Å². The molecule has 0 aliphatic heterocycles. The molecule has 0 fully saturated rings. The van der Waals surface area contributed by atoms with Gasteiger partial charge in [0.1, 0.15) is 11.8 Å². The standard InChI is InChI=1S/C12H13NO3/c1-12(2,8-13)16-10-6-4-5-9(7-10)11(14)15-3/h4-7H,1-3H3. The number of methoxy groups -OCH3 is 1. The van der Waals surface area contributed by atoms with Crippen molar-refractivity contribution >= 4 is 5.97 Å². The molecular formula is C12H13NO3. The fourth-order valence-corrected chi connectivity index (χ4v) is 1.12. The monoisotopic (exact) mass is 219 g/mol. The number of carbonyl (C=O) groups excluding carboxylic acids is 1. The molecule has 1 aromatic rings. The van der Waals surface area contributed by atoms with Crippen LogP contribution in [0.15, 0.2) is 24.3 Å². The molecule has 4 heteroatoms. The zero-order valence-corrected chi connectivity index (χ0v) is 9.48. The number of rotatable bonds is 3. The van der Waals surface area contributed by atoms with Gasteiger partial charge in [-0.05, 0) is 32.0 Å². The normalized spacial score (nSPS) is 10.4. The molecule has 4 nitrogen and oxygen atoms in total. The van der Waals surface area contributed by atoms with Crippen LogP contribution in [0.2, 0.25) is 0 Å².